The van der Waals surface area contributed by atoms with Crippen LogP contribution in [0.3, 0.4) is 0 Å². The van der Waals surface area contributed by atoms with Gasteiger partial charge in [0.05, 0.1) is 25.9 Å². The fraction of sp³-hybridized carbons (Fsp3) is 0.571. The first-order valence-corrected chi connectivity index (χ1v) is 3.87. The number of hydrogen-bond donors (Lipinski definition) is 1. The third kappa shape index (κ3) is 3.55. The highest BCUT2D eigenvalue weighted by Gasteiger charge is 2.12. The Bertz CT molecular complexity index is 239. The molecular formula is C7H10N2O4. The van der Waals surface area contributed by atoms with Crippen LogP contribution in [0.4, 0.5) is 0 Å². The summed E-state index contributed by atoms with van der Waals surface area (Å²) in [5.74, 6) is -1.55. The van der Waals surface area contributed by atoms with E-state index in [9.17, 15) is 9.59 Å². The highest BCUT2D eigenvalue weighted by molar-refractivity contribution is 5.77. The van der Waals surface area contributed by atoms with Gasteiger partial charge in [-0.25, -0.2) is 4.79 Å². The van der Waals surface area contributed by atoms with E-state index >= 15 is 0 Å². The lowest BCUT2D eigenvalue weighted by Crippen LogP contribution is -2.24. The Balaban J connectivity index is 2.17. The summed E-state index contributed by atoms with van der Waals surface area (Å²) in [6.45, 7) is 1.14. The molecule has 1 rings (SSSR count). The monoisotopic (exact) mass is 186 g/mol. The van der Waals surface area contributed by atoms with E-state index in [1.165, 1.54) is 11.4 Å². The molecule has 0 aromatic carbocycles. The van der Waals surface area contributed by atoms with E-state index in [1.807, 2.05) is 0 Å². The molecule has 6 heteroatoms. The molecule has 1 heterocycles. The summed E-state index contributed by atoms with van der Waals surface area (Å²) in [4.78, 5) is 29.6. The lowest BCUT2D eigenvalue weighted by Gasteiger charge is -2.11. The van der Waals surface area contributed by atoms with E-state index in [0.29, 0.717) is 13.1 Å². The van der Waals surface area contributed by atoms with Crippen molar-refractivity contribution in [2.75, 3.05) is 13.1 Å². The standard InChI is InChI=1S/C7H10N2O4/c10-6(11)1-2-7(12)13-9-4-3-8-5-9/h5H,1-4H2,(H,10,11). The highest BCUT2D eigenvalue weighted by Crippen LogP contribution is 1.99. The molecule has 0 fully saturated rings. The van der Waals surface area contributed by atoms with Crippen molar-refractivity contribution in [1.29, 1.82) is 0 Å². The number of carboxylic acids is 1. The van der Waals surface area contributed by atoms with Gasteiger partial charge in [0.25, 0.3) is 0 Å². The molecule has 0 saturated heterocycles. The number of carboxylic acid groups (broad SMARTS) is 1. The molecule has 13 heavy (non-hydrogen) atoms. The molecule has 0 atom stereocenters. The number of carbonyl (C=O) groups excluding carboxylic acids is 1. The second-order valence-electron chi connectivity index (χ2n) is 2.52. The molecule has 0 radical (unpaired) electrons. The molecule has 72 valence electrons. The Morgan fingerprint density at radius 2 is 2.31 bits per heavy atom. The maximum Gasteiger partial charge on any atom is 0.333 e. The van der Waals surface area contributed by atoms with Gasteiger partial charge in [-0.3, -0.25) is 9.79 Å². The lowest BCUT2D eigenvalue weighted by atomic mass is 10.3. The minimum absolute atomic E-state index is 0.111. The van der Waals surface area contributed by atoms with Gasteiger partial charge >= 0.3 is 11.9 Å². The number of nitrogens with zero attached hydrogens (tertiary/aromatic N) is 2. The summed E-state index contributed by atoms with van der Waals surface area (Å²) in [6.07, 6.45) is 1.10. The zero-order valence-corrected chi connectivity index (χ0v) is 6.97. The molecule has 0 amide bonds. The van der Waals surface area contributed by atoms with E-state index in [-0.39, 0.29) is 12.8 Å². The van der Waals surface area contributed by atoms with Gasteiger partial charge in [0.1, 0.15) is 6.34 Å². The summed E-state index contributed by atoms with van der Waals surface area (Å²) in [5.41, 5.74) is 0. The van der Waals surface area contributed by atoms with Crippen LogP contribution in [0.25, 0.3) is 0 Å². The molecule has 0 bridgehead atoms. The Morgan fingerprint density at radius 3 is 2.85 bits per heavy atom. The molecule has 1 N–H and O–H groups in total. The van der Waals surface area contributed by atoms with Crippen molar-refractivity contribution in [2.24, 2.45) is 4.99 Å². The van der Waals surface area contributed by atoms with Gasteiger partial charge in [0.15, 0.2) is 0 Å². The third-order valence-corrected chi connectivity index (χ3v) is 1.42. The smallest absolute Gasteiger partial charge is 0.333 e. The van der Waals surface area contributed by atoms with Crippen molar-refractivity contribution in [1.82, 2.24) is 5.06 Å². The van der Waals surface area contributed by atoms with Gasteiger partial charge < -0.3 is 9.94 Å². The molecule has 0 aliphatic carbocycles. The van der Waals surface area contributed by atoms with Crippen molar-refractivity contribution in [3.05, 3.63) is 0 Å². The maximum atomic E-state index is 10.9. The van der Waals surface area contributed by atoms with Crippen LogP contribution in [0.15, 0.2) is 4.99 Å². The van der Waals surface area contributed by atoms with Crippen molar-refractivity contribution < 1.29 is 19.5 Å². The van der Waals surface area contributed by atoms with Gasteiger partial charge in [-0.2, -0.15) is 5.06 Å². The fourth-order valence-electron chi connectivity index (χ4n) is 0.817. The van der Waals surface area contributed by atoms with E-state index in [4.69, 9.17) is 9.94 Å². The Labute approximate surface area is 74.8 Å². The fourth-order valence-corrected chi connectivity index (χ4v) is 0.817. The average molecular weight is 186 g/mol. The molecule has 0 aromatic rings. The first-order valence-electron chi connectivity index (χ1n) is 3.87. The van der Waals surface area contributed by atoms with Gasteiger partial charge in [0, 0.05) is 0 Å². The Hall–Kier alpha value is -1.59. The van der Waals surface area contributed by atoms with Gasteiger partial charge in [0.2, 0.25) is 0 Å². The quantitative estimate of drug-likeness (QED) is 0.649. The molecule has 1 aliphatic rings. The predicted octanol–water partition coefficient (Wildman–Crippen LogP) is -0.347. The number of hydroxylamine groups is 2. The number of aliphatic carboxylic acids is 1. The van der Waals surface area contributed by atoms with Crippen molar-refractivity contribution in [2.45, 2.75) is 12.8 Å². The van der Waals surface area contributed by atoms with E-state index in [2.05, 4.69) is 4.99 Å². The second kappa shape index (κ2) is 4.44. The van der Waals surface area contributed by atoms with Crippen LogP contribution in [0.1, 0.15) is 12.8 Å². The number of aliphatic imine (C=N–C) groups is 1. The van der Waals surface area contributed by atoms with Crippen molar-refractivity contribution >= 4 is 18.3 Å². The third-order valence-electron chi connectivity index (χ3n) is 1.42. The highest BCUT2D eigenvalue weighted by atomic mass is 16.7. The molecule has 6 nitrogen and oxygen atoms in total. The largest absolute Gasteiger partial charge is 0.481 e. The van der Waals surface area contributed by atoms with Crippen LogP contribution in [0.5, 0.6) is 0 Å². The summed E-state index contributed by atoms with van der Waals surface area (Å²) in [7, 11) is 0. The van der Waals surface area contributed by atoms with Crippen LogP contribution in [-0.2, 0) is 14.4 Å². The summed E-state index contributed by atoms with van der Waals surface area (Å²) in [5, 5.41) is 9.57. The maximum absolute atomic E-state index is 10.9. The van der Waals surface area contributed by atoms with E-state index in [0.717, 1.165) is 0 Å². The van der Waals surface area contributed by atoms with Crippen molar-refractivity contribution in [3.8, 4) is 0 Å². The second-order valence-corrected chi connectivity index (χ2v) is 2.52. The van der Waals surface area contributed by atoms with Gasteiger partial charge in [-0.1, -0.05) is 0 Å². The van der Waals surface area contributed by atoms with Crippen LogP contribution in [0.2, 0.25) is 0 Å². The van der Waals surface area contributed by atoms with E-state index < -0.39 is 11.9 Å². The van der Waals surface area contributed by atoms with Gasteiger partial charge in [-0.05, 0) is 0 Å². The zero-order valence-electron chi connectivity index (χ0n) is 6.97. The van der Waals surface area contributed by atoms with Crippen molar-refractivity contribution in [3.63, 3.8) is 0 Å². The summed E-state index contributed by atoms with van der Waals surface area (Å²) in [6, 6.07) is 0. The predicted molar refractivity (Wildman–Crippen MR) is 43.0 cm³/mol. The van der Waals surface area contributed by atoms with Gasteiger partial charge in [-0.15, -0.1) is 0 Å². The lowest BCUT2D eigenvalue weighted by molar-refractivity contribution is -0.171. The SMILES string of the molecule is O=C(O)CCC(=O)ON1C=NCC1. The minimum atomic E-state index is -1.01. The molecule has 0 saturated carbocycles. The molecular weight excluding hydrogens is 176 g/mol. The molecule has 0 aromatic heterocycles. The molecule has 0 spiro atoms. The van der Waals surface area contributed by atoms with Crippen LogP contribution < -0.4 is 0 Å². The Kier molecular flexibility index (Phi) is 3.24. The average Bonchev–Trinajstić information content (AvgIpc) is 2.53. The normalized spacial score (nSPS) is 14.6. The van der Waals surface area contributed by atoms with Crippen LogP contribution in [0, 0.1) is 0 Å². The number of carbonyl (C=O) groups is 2. The zero-order chi connectivity index (χ0) is 9.68. The molecule has 1 aliphatic heterocycles. The number of rotatable bonds is 4. The summed E-state index contributed by atoms with van der Waals surface area (Å²) >= 11 is 0. The summed E-state index contributed by atoms with van der Waals surface area (Å²) < 4.78 is 0. The molecule has 0 unspecified atom stereocenters. The first-order chi connectivity index (χ1) is 6.18. The topological polar surface area (TPSA) is 79.2 Å². The minimum Gasteiger partial charge on any atom is -0.481 e. The number of hydrogen-bond acceptors (Lipinski definition) is 5. The van der Waals surface area contributed by atoms with E-state index in [1.54, 1.807) is 0 Å². The first kappa shape index (κ1) is 9.50. The Morgan fingerprint density at radius 1 is 1.54 bits per heavy atom. The van der Waals surface area contributed by atoms with Crippen LogP contribution in [-0.4, -0.2) is 41.5 Å². The van der Waals surface area contributed by atoms with Crippen LogP contribution >= 0.6 is 0 Å².